The Labute approximate surface area is 205 Å². The van der Waals surface area contributed by atoms with E-state index < -0.39 is 0 Å². The summed E-state index contributed by atoms with van der Waals surface area (Å²) in [5, 5.41) is 0. The van der Waals surface area contributed by atoms with Crippen molar-refractivity contribution in [2.24, 2.45) is 0 Å². The van der Waals surface area contributed by atoms with Crippen LogP contribution >= 0.6 is 0 Å². The largest absolute Gasteiger partial charge is 0.490 e. The van der Waals surface area contributed by atoms with Crippen LogP contribution in [-0.4, -0.2) is 35.8 Å². The molecule has 2 aromatic rings. The number of carbonyl (C=O) groups excluding carboxylic acids is 1. The molecule has 0 atom stereocenters. The topological polar surface area (TPSA) is 70.5 Å². The zero-order chi connectivity index (χ0) is 24.3. The van der Waals surface area contributed by atoms with E-state index in [0.717, 1.165) is 50.9 Å². The summed E-state index contributed by atoms with van der Waals surface area (Å²) in [6.07, 6.45) is 16.3. The third-order valence-corrected chi connectivity index (χ3v) is 5.55. The van der Waals surface area contributed by atoms with Gasteiger partial charge in [-0.15, -0.1) is 0 Å². The maximum absolute atomic E-state index is 12.0. The average Bonchev–Trinajstić information content (AvgIpc) is 2.86. The van der Waals surface area contributed by atoms with Crippen LogP contribution in [0.15, 0.2) is 36.7 Å². The van der Waals surface area contributed by atoms with Gasteiger partial charge in [0.2, 0.25) is 0 Å². The van der Waals surface area contributed by atoms with E-state index in [1.54, 1.807) is 24.5 Å². The Morgan fingerprint density at radius 1 is 0.706 bits per heavy atom. The van der Waals surface area contributed by atoms with Crippen molar-refractivity contribution in [3.05, 3.63) is 36.7 Å². The molecule has 0 aliphatic heterocycles. The SMILES string of the molecule is CCCCCCCCC(=O)Oc1ccc(-c2ncc(OCCCCOCCCCC)cn2)cc1. The minimum absolute atomic E-state index is 0.177. The second-order valence-electron chi connectivity index (χ2n) is 8.63. The number of hydrogen-bond donors (Lipinski definition) is 0. The van der Waals surface area contributed by atoms with Gasteiger partial charge in [-0.2, -0.15) is 0 Å². The Balaban J connectivity index is 1.64. The fourth-order valence-electron chi connectivity index (χ4n) is 3.50. The lowest BCUT2D eigenvalue weighted by Crippen LogP contribution is -2.07. The number of hydrogen-bond acceptors (Lipinski definition) is 6. The van der Waals surface area contributed by atoms with Crippen molar-refractivity contribution in [2.75, 3.05) is 19.8 Å². The molecule has 0 aliphatic carbocycles. The van der Waals surface area contributed by atoms with E-state index in [-0.39, 0.29) is 5.97 Å². The minimum atomic E-state index is -0.177. The lowest BCUT2D eigenvalue weighted by Gasteiger charge is -2.08. The summed E-state index contributed by atoms with van der Waals surface area (Å²) in [6, 6.07) is 7.30. The Kier molecular flexibility index (Phi) is 14.6. The molecule has 2 rings (SSSR count). The molecule has 1 aromatic heterocycles. The van der Waals surface area contributed by atoms with Crippen molar-refractivity contribution in [3.63, 3.8) is 0 Å². The van der Waals surface area contributed by atoms with Gasteiger partial charge in [0.15, 0.2) is 11.6 Å². The normalized spacial score (nSPS) is 10.9. The summed E-state index contributed by atoms with van der Waals surface area (Å²) in [7, 11) is 0. The van der Waals surface area contributed by atoms with Crippen LogP contribution in [0.25, 0.3) is 11.4 Å². The van der Waals surface area contributed by atoms with Crippen LogP contribution < -0.4 is 9.47 Å². The van der Waals surface area contributed by atoms with Crippen LogP contribution in [-0.2, 0) is 9.53 Å². The van der Waals surface area contributed by atoms with Crippen molar-refractivity contribution < 1.29 is 19.0 Å². The zero-order valence-corrected chi connectivity index (χ0v) is 21.1. The Morgan fingerprint density at radius 2 is 1.29 bits per heavy atom. The molecule has 0 fully saturated rings. The molecule has 188 valence electrons. The molecule has 0 spiro atoms. The molecular formula is C28H42N2O4. The molecule has 0 N–H and O–H groups in total. The van der Waals surface area contributed by atoms with Gasteiger partial charge in [-0.05, 0) is 49.9 Å². The molecule has 0 amide bonds. The van der Waals surface area contributed by atoms with Gasteiger partial charge in [0.25, 0.3) is 0 Å². The number of carbonyl (C=O) groups is 1. The van der Waals surface area contributed by atoms with Gasteiger partial charge in [0.05, 0.1) is 19.0 Å². The number of ether oxygens (including phenoxy) is 3. The number of nitrogens with zero attached hydrogens (tertiary/aromatic N) is 2. The number of rotatable bonds is 19. The number of unbranched alkanes of at least 4 members (excludes halogenated alkanes) is 8. The molecule has 0 saturated heterocycles. The van der Waals surface area contributed by atoms with Crippen molar-refractivity contribution in [1.82, 2.24) is 9.97 Å². The van der Waals surface area contributed by atoms with E-state index >= 15 is 0 Å². The molecule has 0 saturated carbocycles. The predicted octanol–water partition coefficient (Wildman–Crippen LogP) is 7.17. The van der Waals surface area contributed by atoms with E-state index in [9.17, 15) is 4.79 Å². The first-order valence-electron chi connectivity index (χ1n) is 13.1. The smallest absolute Gasteiger partial charge is 0.311 e. The lowest BCUT2D eigenvalue weighted by molar-refractivity contribution is -0.134. The van der Waals surface area contributed by atoms with Crippen LogP contribution in [0.2, 0.25) is 0 Å². The Morgan fingerprint density at radius 3 is 2.00 bits per heavy atom. The highest BCUT2D eigenvalue weighted by molar-refractivity contribution is 5.72. The maximum atomic E-state index is 12.0. The van der Waals surface area contributed by atoms with Crippen molar-refractivity contribution in [2.45, 2.75) is 90.9 Å². The van der Waals surface area contributed by atoms with E-state index in [1.807, 2.05) is 12.1 Å². The highest BCUT2D eigenvalue weighted by Gasteiger charge is 2.07. The fraction of sp³-hybridized carbons (Fsp3) is 0.607. The first-order valence-corrected chi connectivity index (χ1v) is 13.1. The van der Waals surface area contributed by atoms with Gasteiger partial charge < -0.3 is 14.2 Å². The summed E-state index contributed by atoms with van der Waals surface area (Å²) >= 11 is 0. The zero-order valence-electron chi connectivity index (χ0n) is 21.1. The second kappa shape index (κ2) is 17.9. The monoisotopic (exact) mass is 470 g/mol. The first kappa shape index (κ1) is 27.8. The molecule has 6 nitrogen and oxygen atoms in total. The highest BCUT2D eigenvalue weighted by atomic mass is 16.5. The van der Waals surface area contributed by atoms with Crippen LogP contribution in [0.5, 0.6) is 11.5 Å². The summed E-state index contributed by atoms with van der Waals surface area (Å²) in [5.41, 5.74) is 0.863. The van der Waals surface area contributed by atoms with Gasteiger partial charge in [-0.1, -0.05) is 58.8 Å². The minimum Gasteiger partial charge on any atom is -0.490 e. The summed E-state index contributed by atoms with van der Waals surface area (Å²) in [6.45, 7) is 6.66. The molecule has 0 radical (unpaired) electrons. The summed E-state index contributed by atoms with van der Waals surface area (Å²) < 4.78 is 16.8. The molecule has 0 aliphatic rings. The number of aromatic nitrogens is 2. The quantitative estimate of drug-likeness (QED) is 0.123. The molecule has 34 heavy (non-hydrogen) atoms. The van der Waals surface area contributed by atoms with Gasteiger partial charge in [0, 0.05) is 25.2 Å². The van der Waals surface area contributed by atoms with E-state index in [1.165, 1.54) is 38.5 Å². The van der Waals surface area contributed by atoms with Gasteiger partial charge in [-0.25, -0.2) is 9.97 Å². The molecule has 1 aromatic carbocycles. The third-order valence-electron chi connectivity index (χ3n) is 5.55. The molecule has 0 bridgehead atoms. The van der Waals surface area contributed by atoms with Crippen molar-refractivity contribution in [1.29, 1.82) is 0 Å². The fourth-order valence-corrected chi connectivity index (χ4v) is 3.50. The average molecular weight is 471 g/mol. The second-order valence-corrected chi connectivity index (χ2v) is 8.63. The van der Waals surface area contributed by atoms with Gasteiger partial charge >= 0.3 is 5.97 Å². The Hall–Kier alpha value is -2.47. The van der Waals surface area contributed by atoms with Crippen LogP contribution in [0.4, 0.5) is 0 Å². The van der Waals surface area contributed by atoms with E-state index in [2.05, 4.69) is 23.8 Å². The van der Waals surface area contributed by atoms with E-state index in [0.29, 0.717) is 30.4 Å². The van der Waals surface area contributed by atoms with Crippen LogP contribution in [0, 0.1) is 0 Å². The van der Waals surface area contributed by atoms with Crippen molar-refractivity contribution >= 4 is 5.97 Å². The standard InChI is InChI=1S/C28H42N2O4/c1-3-5-7-8-9-10-14-27(31)34-25-17-15-24(16-18-25)28-29-22-26(23-30-28)33-21-13-12-20-32-19-11-6-4-2/h15-18,22-23H,3-14,19-21H2,1-2H3. The number of esters is 1. The Bertz CT molecular complexity index is 778. The molecule has 1 heterocycles. The maximum Gasteiger partial charge on any atom is 0.311 e. The number of benzene rings is 1. The van der Waals surface area contributed by atoms with Gasteiger partial charge in [0.1, 0.15) is 5.75 Å². The van der Waals surface area contributed by atoms with Crippen LogP contribution in [0.3, 0.4) is 0 Å². The van der Waals surface area contributed by atoms with E-state index in [4.69, 9.17) is 14.2 Å². The molecule has 0 unspecified atom stereocenters. The predicted molar refractivity (Wildman–Crippen MR) is 136 cm³/mol. The first-order chi connectivity index (χ1) is 16.7. The third kappa shape index (κ3) is 12.1. The lowest BCUT2D eigenvalue weighted by atomic mass is 10.1. The molecular weight excluding hydrogens is 428 g/mol. The molecule has 6 heteroatoms. The highest BCUT2D eigenvalue weighted by Crippen LogP contribution is 2.21. The van der Waals surface area contributed by atoms with Crippen molar-refractivity contribution in [3.8, 4) is 22.9 Å². The summed E-state index contributed by atoms with van der Waals surface area (Å²) in [5.74, 6) is 1.64. The summed E-state index contributed by atoms with van der Waals surface area (Å²) in [4.78, 5) is 20.8. The van der Waals surface area contributed by atoms with Crippen LogP contribution in [0.1, 0.15) is 90.9 Å². The van der Waals surface area contributed by atoms with Gasteiger partial charge in [-0.3, -0.25) is 4.79 Å².